The first-order chi connectivity index (χ1) is 21.2. The second-order valence-electron chi connectivity index (χ2n) is 10.3. The molecule has 11 nitrogen and oxygen atoms in total. The van der Waals surface area contributed by atoms with Crippen molar-refractivity contribution in [2.45, 2.75) is 17.9 Å². The first-order valence-electron chi connectivity index (χ1n) is 13.9. The molecule has 6 rings (SSSR count). The van der Waals surface area contributed by atoms with Crippen LogP contribution in [0.4, 0.5) is 27.0 Å². The maximum Gasteiger partial charge on any atom is 0.407 e. The molecule has 2 aliphatic rings. The topological polar surface area (TPSA) is 139 Å². The van der Waals surface area contributed by atoms with Crippen molar-refractivity contribution in [3.63, 3.8) is 0 Å². The second kappa shape index (κ2) is 12.1. The predicted octanol–water partition coefficient (Wildman–Crippen LogP) is 5.43. The number of anilines is 4. The maximum atomic E-state index is 14.1. The lowest BCUT2D eigenvalue weighted by atomic mass is 9.96. The molecule has 44 heavy (non-hydrogen) atoms. The molecular formula is C31H31N5O6S2. The van der Waals surface area contributed by atoms with Gasteiger partial charge in [0.05, 0.1) is 30.8 Å². The molecule has 4 aromatic rings. The van der Waals surface area contributed by atoms with E-state index in [1.54, 1.807) is 49.0 Å². The monoisotopic (exact) mass is 633 g/mol. The van der Waals surface area contributed by atoms with Gasteiger partial charge in [-0.1, -0.05) is 18.2 Å². The van der Waals surface area contributed by atoms with Crippen LogP contribution >= 0.6 is 11.3 Å². The number of thiazole rings is 1. The highest BCUT2D eigenvalue weighted by Crippen LogP contribution is 2.43. The third-order valence-electron chi connectivity index (χ3n) is 7.64. The number of hydrogen-bond acceptors (Lipinski definition) is 9. The summed E-state index contributed by atoms with van der Waals surface area (Å²) in [4.78, 5) is 19.3. The molecule has 0 spiro atoms. The van der Waals surface area contributed by atoms with Crippen LogP contribution in [0.1, 0.15) is 17.5 Å². The van der Waals surface area contributed by atoms with Crippen LogP contribution in [0.5, 0.6) is 11.5 Å². The summed E-state index contributed by atoms with van der Waals surface area (Å²) in [6, 6.07) is 17.8. The smallest absolute Gasteiger partial charge is 0.407 e. The van der Waals surface area contributed by atoms with E-state index in [9.17, 15) is 18.3 Å². The van der Waals surface area contributed by atoms with Crippen molar-refractivity contribution in [1.29, 1.82) is 0 Å². The maximum absolute atomic E-state index is 14.1. The van der Waals surface area contributed by atoms with Gasteiger partial charge in [-0.15, -0.1) is 11.3 Å². The molecule has 0 aliphatic carbocycles. The molecule has 1 aromatic heterocycles. The van der Waals surface area contributed by atoms with Gasteiger partial charge < -0.3 is 30.1 Å². The second-order valence-corrected chi connectivity index (χ2v) is 13.0. The Morgan fingerprint density at radius 1 is 1.11 bits per heavy atom. The average Bonchev–Trinajstić information content (AvgIpc) is 3.58. The molecule has 2 aliphatic heterocycles. The Bertz CT molecular complexity index is 1810. The van der Waals surface area contributed by atoms with E-state index in [0.29, 0.717) is 55.0 Å². The Labute approximate surface area is 259 Å². The molecule has 0 atom stereocenters. The van der Waals surface area contributed by atoms with E-state index < -0.39 is 16.1 Å². The van der Waals surface area contributed by atoms with Crippen molar-refractivity contribution in [3.8, 4) is 11.5 Å². The van der Waals surface area contributed by atoms with Crippen molar-refractivity contribution in [1.82, 2.24) is 9.88 Å². The van der Waals surface area contributed by atoms with Gasteiger partial charge in [0.15, 0.2) is 5.13 Å². The molecule has 1 amide bonds. The molecule has 0 saturated carbocycles. The molecule has 0 radical (unpaired) electrons. The van der Waals surface area contributed by atoms with Crippen LogP contribution in [0.3, 0.4) is 0 Å². The SMILES string of the molecule is COc1ccc(CN(c2nccs2)S(=O)(=O)c2ccc3c(c2)OCCN3c2ccc(N)cc2C2=CCN(C(=O)O)CC2)cc1. The minimum absolute atomic E-state index is 0.0862. The van der Waals surface area contributed by atoms with Crippen LogP contribution in [-0.4, -0.2) is 62.9 Å². The molecule has 3 N–H and O–H groups in total. The summed E-state index contributed by atoms with van der Waals surface area (Å²) in [5, 5.41) is 11.5. The van der Waals surface area contributed by atoms with Crippen LogP contribution in [0, 0.1) is 0 Å². The van der Waals surface area contributed by atoms with E-state index in [1.165, 1.54) is 20.5 Å². The lowest BCUT2D eigenvalue weighted by Gasteiger charge is -2.34. The number of nitrogens with zero attached hydrogens (tertiary/aromatic N) is 4. The summed E-state index contributed by atoms with van der Waals surface area (Å²) in [5.74, 6) is 1.12. The van der Waals surface area contributed by atoms with E-state index in [-0.39, 0.29) is 11.4 Å². The van der Waals surface area contributed by atoms with Crippen molar-refractivity contribution in [3.05, 3.63) is 89.4 Å². The van der Waals surface area contributed by atoms with Gasteiger partial charge in [0, 0.05) is 47.7 Å². The van der Waals surface area contributed by atoms with Crippen LogP contribution in [0.25, 0.3) is 5.57 Å². The van der Waals surface area contributed by atoms with Gasteiger partial charge in [-0.25, -0.2) is 22.5 Å². The predicted molar refractivity (Wildman–Crippen MR) is 170 cm³/mol. The van der Waals surface area contributed by atoms with E-state index in [0.717, 1.165) is 28.1 Å². The van der Waals surface area contributed by atoms with E-state index >= 15 is 0 Å². The Morgan fingerprint density at radius 3 is 2.59 bits per heavy atom. The van der Waals surface area contributed by atoms with Gasteiger partial charge in [-0.2, -0.15) is 0 Å². The molecule has 3 heterocycles. The number of carboxylic acid groups (broad SMARTS) is 1. The molecule has 13 heteroatoms. The number of aromatic nitrogens is 1. The van der Waals surface area contributed by atoms with Gasteiger partial charge in [0.25, 0.3) is 10.0 Å². The highest BCUT2D eigenvalue weighted by molar-refractivity contribution is 7.93. The first kappa shape index (κ1) is 29.3. The summed E-state index contributed by atoms with van der Waals surface area (Å²) < 4.78 is 40.8. The van der Waals surface area contributed by atoms with Gasteiger partial charge in [-0.05, 0) is 60.0 Å². The number of ether oxygens (including phenoxy) is 2. The molecule has 0 saturated heterocycles. The quantitative estimate of drug-likeness (QED) is 0.243. The molecule has 0 fully saturated rings. The Kier molecular flexibility index (Phi) is 8.06. The van der Waals surface area contributed by atoms with Crippen molar-refractivity contribution < 1.29 is 27.8 Å². The molecular weight excluding hydrogens is 603 g/mol. The van der Waals surface area contributed by atoms with E-state index in [4.69, 9.17) is 15.2 Å². The minimum atomic E-state index is -4.02. The number of amides is 1. The zero-order valence-corrected chi connectivity index (χ0v) is 25.6. The Balaban J connectivity index is 1.34. The molecule has 0 bridgehead atoms. The van der Waals surface area contributed by atoms with E-state index in [1.807, 2.05) is 36.4 Å². The number of carbonyl (C=O) groups is 1. The van der Waals surface area contributed by atoms with Gasteiger partial charge in [0.2, 0.25) is 0 Å². The normalized spacial score (nSPS) is 14.8. The Hall–Kier alpha value is -4.75. The Morgan fingerprint density at radius 2 is 1.91 bits per heavy atom. The minimum Gasteiger partial charge on any atom is -0.497 e. The highest BCUT2D eigenvalue weighted by Gasteiger charge is 2.31. The third-order valence-corrected chi connectivity index (χ3v) is 10.3. The summed E-state index contributed by atoms with van der Waals surface area (Å²) in [6.07, 6.45) is 3.11. The molecule has 0 unspecified atom stereocenters. The summed E-state index contributed by atoms with van der Waals surface area (Å²) in [7, 11) is -2.44. The summed E-state index contributed by atoms with van der Waals surface area (Å²) in [6.45, 7) is 1.66. The number of nitrogen functional groups attached to an aromatic ring is 1. The standard InChI is InChI=1S/C31H31N5O6S2/c1-41-24-5-2-21(3-6-24)20-36(30-33-12-17-43-30)44(39,40)25-7-9-28-29(19-25)42-16-15-35(28)27-8-4-23(32)18-26(27)22-10-13-34(14-11-22)31(37)38/h2-10,12,17-19H,11,13-16,20,32H2,1H3,(H,37,38). The molecule has 228 valence electrons. The third kappa shape index (κ3) is 5.75. The molecule has 3 aromatic carbocycles. The van der Waals surface area contributed by atoms with Crippen LogP contribution in [0.2, 0.25) is 0 Å². The van der Waals surface area contributed by atoms with Crippen LogP contribution in [-0.2, 0) is 16.6 Å². The summed E-state index contributed by atoms with van der Waals surface area (Å²) >= 11 is 1.24. The van der Waals surface area contributed by atoms with Crippen molar-refractivity contribution >= 4 is 55.2 Å². The van der Waals surface area contributed by atoms with Crippen molar-refractivity contribution in [2.75, 3.05) is 48.3 Å². The van der Waals surface area contributed by atoms with Crippen molar-refractivity contribution in [2.24, 2.45) is 0 Å². The number of nitrogens with two attached hydrogens (primary N) is 1. The number of sulfonamides is 1. The largest absolute Gasteiger partial charge is 0.497 e. The van der Waals surface area contributed by atoms with Crippen LogP contribution in [0.15, 0.2) is 83.2 Å². The number of benzene rings is 3. The number of rotatable bonds is 8. The number of hydrogen-bond donors (Lipinski definition) is 2. The van der Waals surface area contributed by atoms with Crippen LogP contribution < -0.4 is 24.4 Å². The lowest BCUT2D eigenvalue weighted by molar-refractivity contribution is 0.150. The van der Waals surface area contributed by atoms with Gasteiger partial charge >= 0.3 is 6.09 Å². The zero-order valence-electron chi connectivity index (χ0n) is 23.9. The number of methoxy groups -OCH3 is 1. The zero-order chi connectivity index (χ0) is 30.8. The number of fused-ring (bicyclic) bond motifs is 1. The summed E-state index contributed by atoms with van der Waals surface area (Å²) in [5.41, 5.74) is 11.1. The fourth-order valence-electron chi connectivity index (χ4n) is 5.36. The van der Waals surface area contributed by atoms with Gasteiger partial charge in [-0.3, -0.25) is 0 Å². The fraction of sp³-hybridized carbons (Fsp3) is 0.226. The lowest BCUT2D eigenvalue weighted by Crippen LogP contribution is -2.34. The van der Waals surface area contributed by atoms with Gasteiger partial charge in [0.1, 0.15) is 18.1 Å². The average molecular weight is 634 g/mol. The first-order valence-corrected chi connectivity index (χ1v) is 16.2. The van der Waals surface area contributed by atoms with E-state index in [2.05, 4.69) is 9.88 Å². The fourth-order valence-corrected chi connectivity index (χ4v) is 7.66. The highest BCUT2D eigenvalue weighted by atomic mass is 32.2.